The quantitative estimate of drug-likeness (QED) is 0.532. The highest BCUT2D eigenvalue weighted by Crippen LogP contribution is 2.33. The van der Waals surface area contributed by atoms with Gasteiger partial charge in [-0.05, 0) is 36.5 Å². The molecule has 0 radical (unpaired) electrons. The van der Waals surface area contributed by atoms with Crippen molar-refractivity contribution in [2.45, 2.75) is 32.7 Å². The van der Waals surface area contributed by atoms with Gasteiger partial charge in [-0.1, -0.05) is 61.5 Å². The first-order valence-electron chi connectivity index (χ1n) is 9.89. The number of hydrogen-bond donors (Lipinski definition) is 2. The zero-order chi connectivity index (χ0) is 20.8. The van der Waals surface area contributed by atoms with E-state index in [0.29, 0.717) is 19.4 Å². The monoisotopic (exact) mass is 393 g/mol. The van der Waals surface area contributed by atoms with Crippen LogP contribution in [-0.2, 0) is 16.0 Å². The molecule has 0 spiro atoms. The molecule has 2 atom stereocenters. The van der Waals surface area contributed by atoms with Gasteiger partial charge in [0.2, 0.25) is 0 Å². The second kappa shape index (κ2) is 9.32. The van der Waals surface area contributed by atoms with E-state index in [1.54, 1.807) is 13.8 Å². The average molecular weight is 393 g/mol. The van der Waals surface area contributed by atoms with E-state index in [1.165, 1.54) is 16.7 Å². The summed E-state index contributed by atoms with van der Waals surface area (Å²) in [5.74, 6) is -0.679. The minimum atomic E-state index is -0.357. The van der Waals surface area contributed by atoms with Crippen LogP contribution in [0.1, 0.15) is 31.9 Å². The van der Waals surface area contributed by atoms with Crippen molar-refractivity contribution in [3.05, 3.63) is 72.3 Å². The van der Waals surface area contributed by atoms with E-state index >= 15 is 0 Å². The SMILES string of the molecule is CCOC(=O)C(C)CC(Cc1ccc(-c2ccccc2)cc1)n1c(O)ccc1O. The van der Waals surface area contributed by atoms with Crippen molar-refractivity contribution in [2.75, 3.05) is 6.61 Å². The Hall–Kier alpha value is -3.21. The van der Waals surface area contributed by atoms with Crippen molar-refractivity contribution in [3.63, 3.8) is 0 Å². The smallest absolute Gasteiger partial charge is 0.308 e. The van der Waals surface area contributed by atoms with Crippen molar-refractivity contribution >= 4 is 5.97 Å². The minimum Gasteiger partial charge on any atom is -0.494 e. The maximum Gasteiger partial charge on any atom is 0.308 e. The fraction of sp³-hybridized carbons (Fsp3) is 0.292. The van der Waals surface area contributed by atoms with E-state index in [9.17, 15) is 15.0 Å². The Labute approximate surface area is 171 Å². The first-order valence-corrected chi connectivity index (χ1v) is 9.89. The molecule has 29 heavy (non-hydrogen) atoms. The molecule has 2 aromatic carbocycles. The van der Waals surface area contributed by atoms with Gasteiger partial charge in [-0.2, -0.15) is 0 Å². The molecule has 2 N–H and O–H groups in total. The molecule has 0 saturated carbocycles. The summed E-state index contributed by atoms with van der Waals surface area (Å²) in [6, 6.07) is 21.0. The molecular weight excluding hydrogens is 366 g/mol. The Morgan fingerprint density at radius 1 is 0.931 bits per heavy atom. The number of carbonyl (C=O) groups excluding carboxylic acids is 1. The average Bonchev–Trinajstić information content (AvgIpc) is 3.07. The first kappa shape index (κ1) is 20.5. The van der Waals surface area contributed by atoms with E-state index in [2.05, 4.69) is 24.3 Å². The van der Waals surface area contributed by atoms with Crippen LogP contribution in [0.2, 0.25) is 0 Å². The number of aromatic hydroxyl groups is 2. The van der Waals surface area contributed by atoms with Crippen LogP contribution in [0.4, 0.5) is 0 Å². The van der Waals surface area contributed by atoms with E-state index in [0.717, 1.165) is 16.7 Å². The highest BCUT2D eigenvalue weighted by Gasteiger charge is 2.24. The van der Waals surface area contributed by atoms with Gasteiger partial charge in [0.15, 0.2) is 11.8 Å². The summed E-state index contributed by atoms with van der Waals surface area (Å²) in [6.07, 6.45) is 1.00. The largest absolute Gasteiger partial charge is 0.494 e. The third-order valence-corrected chi connectivity index (χ3v) is 5.09. The summed E-state index contributed by atoms with van der Waals surface area (Å²) in [6.45, 7) is 3.91. The van der Waals surface area contributed by atoms with Gasteiger partial charge in [0.1, 0.15) is 0 Å². The van der Waals surface area contributed by atoms with Crippen molar-refractivity contribution in [2.24, 2.45) is 5.92 Å². The molecule has 0 aliphatic carbocycles. The van der Waals surface area contributed by atoms with Gasteiger partial charge in [0.25, 0.3) is 0 Å². The third kappa shape index (κ3) is 4.99. The second-order valence-corrected chi connectivity index (χ2v) is 7.23. The summed E-state index contributed by atoms with van der Waals surface area (Å²) in [5, 5.41) is 20.4. The minimum absolute atomic E-state index is 0.0236. The summed E-state index contributed by atoms with van der Waals surface area (Å²) < 4.78 is 6.60. The predicted octanol–water partition coefficient (Wildman–Crippen LogP) is 4.94. The van der Waals surface area contributed by atoms with Crippen LogP contribution in [0.5, 0.6) is 11.8 Å². The van der Waals surface area contributed by atoms with Crippen molar-refractivity contribution < 1.29 is 19.7 Å². The topological polar surface area (TPSA) is 71.7 Å². The third-order valence-electron chi connectivity index (χ3n) is 5.09. The Morgan fingerprint density at radius 2 is 1.52 bits per heavy atom. The number of rotatable bonds is 8. The van der Waals surface area contributed by atoms with Crippen LogP contribution in [0.15, 0.2) is 66.7 Å². The predicted molar refractivity (Wildman–Crippen MR) is 113 cm³/mol. The zero-order valence-corrected chi connectivity index (χ0v) is 16.8. The van der Waals surface area contributed by atoms with E-state index in [1.807, 2.05) is 30.3 Å². The summed E-state index contributed by atoms with van der Waals surface area (Å²) in [5.41, 5.74) is 3.32. The summed E-state index contributed by atoms with van der Waals surface area (Å²) >= 11 is 0. The Bertz CT molecular complexity index is 912. The van der Waals surface area contributed by atoms with Crippen molar-refractivity contribution in [1.82, 2.24) is 4.57 Å². The van der Waals surface area contributed by atoms with E-state index < -0.39 is 0 Å². The Kier molecular flexibility index (Phi) is 6.60. The van der Waals surface area contributed by atoms with Crippen LogP contribution in [-0.4, -0.2) is 27.4 Å². The molecular formula is C24H27NO4. The fourth-order valence-electron chi connectivity index (χ4n) is 3.61. The molecule has 5 nitrogen and oxygen atoms in total. The standard InChI is InChI=1S/C24H27NO4/c1-3-29-24(28)17(2)15-21(25-22(26)13-14-23(25)27)16-18-9-11-20(12-10-18)19-7-5-4-6-8-19/h4-14,17,21,26-27H,3,15-16H2,1-2H3. The van der Waals surface area contributed by atoms with Crippen LogP contribution in [0.25, 0.3) is 11.1 Å². The lowest BCUT2D eigenvalue weighted by atomic mass is 9.94. The molecule has 0 saturated heterocycles. The molecule has 0 bridgehead atoms. The lowest BCUT2D eigenvalue weighted by Crippen LogP contribution is -2.21. The number of esters is 1. The summed E-state index contributed by atoms with van der Waals surface area (Å²) in [4.78, 5) is 12.1. The zero-order valence-electron chi connectivity index (χ0n) is 16.8. The van der Waals surface area contributed by atoms with Gasteiger partial charge in [-0.15, -0.1) is 0 Å². The molecule has 0 amide bonds. The molecule has 0 aliphatic rings. The highest BCUT2D eigenvalue weighted by atomic mass is 16.5. The van der Waals surface area contributed by atoms with Gasteiger partial charge < -0.3 is 14.9 Å². The lowest BCUT2D eigenvalue weighted by molar-refractivity contribution is -0.147. The maximum atomic E-state index is 12.1. The first-order chi connectivity index (χ1) is 14.0. The van der Waals surface area contributed by atoms with E-state index in [4.69, 9.17) is 4.74 Å². The molecule has 1 aromatic heterocycles. The van der Waals surface area contributed by atoms with Gasteiger partial charge in [0, 0.05) is 18.2 Å². The van der Waals surface area contributed by atoms with Crippen LogP contribution >= 0.6 is 0 Å². The number of aromatic nitrogens is 1. The number of hydrogen-bond acceptors (Lipinski definition) is 4. The molecule has 0 fully saturated rings. The van der Waals surface area contributed by atoms with E-state index in [-0.39, 0.29) is 29.7 Å². The number of benzene rings is 2. The molecule has 152 valence electrons. The number of carbonyl (C=O) groups is 1. The van der Waals surface area contributed by atoms with Gasteiger partial charge in [0.05, 0.1) is 12.5 Å². The molecule has 5 heteroatoms. The molecule has 0 aliphatic heterocycles. The number of nitrogens with zero attached hydrogens (tertiary/aromatic N) is 1. The number of ether oxygens (including phenoxy) is 1. The van der Waals surface area contributed by atoms with Gasteiger partial charge in [-0.25, -0.2) is 0 Å². The second-order valence-electron chi connectivity index (χ2n) is 7.23. The van der Waals surface area contributed by atoms with Crippen molar-refractivity contribution in [1.29, 1.82) is 0 Å². The highest BCUT2D eigenvalue weighted by molar-refractivity contribution is 5.72. The van der Waals surface area contributed by atoms with Crippen LogP contribution in [0, 0.1) is 5.92 Å². The summed E-state index contributed by atoms with van der Waals surface area (Å²) in [7, 11) is 0. The molecule has 1 heterocycles. The Balaban J connectivity index is 1.82. The van der Waals surface area contributed by atoms with Crippen LogP contribution < -0.4 is 0 Å². The van der Waals surface area contributed by atoms with Crippen LogP contribution in [0.3, 0.4) is 0 Å². The molecule has 2 unspecified atom stereocenters. The lowest BCUT2D eigenvalue weighted by Gasteiger charge is -2.23. The maximum absolute atomic E-state index is 12.1. The van der Waals surface area contributed by atoms with Crippen molar-refractivity contribution in [3.8, 4) is 22.9 Å². The van der Waals surface area contributed by atoms with Gasteiger partial charge in [-0.3, -0.25) is 9.36 Å². The molecule has 3 rings (SSSR count). The fourth-order valence-corrected chi connectivity index (χ4v) is 3.61. The van der Waals surface area contributed by atoms with Gasteiger partial charge >= 0.3 is 5.97 Å². The Morgan fingerprint density at radius 3 is 2.10 bits per heavy atom. The molecule has 3 aromatic rings. The normalized spacial score (nSPS) is 13.0.